The van der Waals surface area contributed by atoms with Gasteiger partial charge in [-0.15, -0.1) is 0 Å². The van der Waals surface area contributed by atoms with E-state index in [1.54, 1.807) is 13.3 Å². The molecule has 3 rings (SSSR count). The fraction of sp³-hybridized carbons (Fsp3) is 0.412. The molecule has 1 aliphatic heterocycles. The van der Waals surface area contributed by atoms with Crippen LogP contribution in [-0.2, 0) is 29.0 Å². The van der Waals surface area contributed by atoms with Crippen molar-refractivity contribution in [2.75, 3.05) is 13.7 Å². The number of fused-ring (bicyclic) bond motifs is 1. The summed E-state index contributed by atoms with van der Waals surface area (Å²) in [6.07, 6.45) is 2.81. The van der Waals surface area contributed by atoms with Crippen LogP contribution in [0.1, 0.15) is 17.7 Å². The lowest BCUT2D eigenvalue weighted by Crippen LogP contribution is -2.37. The van der Waals surface area contributed by atoms with Gasteiger partial charge in [0.1, 0.15) is 0 Å². The first-order valence-corrected chi connectivity index (χ1v) is 8.10. The Morgan fingerprint density at radius 2 is 2.17 bits per heavy atom. The molecule has 0 spiro atoms. The third kappa shape index (κ3) is 3.74. The molecule has 122 valence electrons. The van der Waals surface area contributed by atoms with Crippen LogP contribution in [0.2, 0.25) is 5.02 Å². The number of nitrogens with zero attached hydrogens (tertiary/aromatic N) is 3. The van der Waals surface area contributed by atoms with Gasteiger partial charge in [0.2, 0.25) is 5.91 Å². The third-order valence-electron chi connectivity index (χ3n) is 4.21. The first kappa shape index (κ1) is 16.0. The highest BCUT2D eigenvalue weighted by molar-refractivity contribution is 6.31. The van der Waals surface area contributed by atoms with Crippen LogP contribution in [0.3, 0.4) is 0 Å². The van der Waals surface area contributed by atoms with Crippen LogP contribution in [0.15, 0.2) is 36.5 Å². The number of aromatic nitrogens is 2. The predicted octanol–water partition coefficient (Wildman–Crippen LogP) is 2.53. The van der Waals surface area contributed by atoms with Gasteiger partial charge in [-0.3, -0.25) is 9.48 Å². The maximum Gasteiger partial charge on any atom is 0.223 e. The average Bonchev–Trinajstić information content (AvgIpc) is 2.91. The highest BCUT2D eigenvalue weighted by Crippen LogP contribution is 2.19. The van der Waals surface area contributed by atoms with Crippen LogP contribution in [-0.4, -0.2) is 40.3 Å². The maximum atomic E-state index is 12.6. The molecule has 1 amide bonds. The van der Waals surface area contributed by atoms with E-state index in [4.69, 9.17) is 16.3 Å². The molecule has 2 heterocycles. The second kappa shape index (κ2) is 7.15. The van der Waals surface area contributed by atoms with E-state index >= 15 is 0 Å². The molecule has 5 nitrogen and oxygen atoms in total. The molecule has 2 aromatic rings. The van der Waals surface area contributed by atoms with Gasteiger partial charge in [-0.05, 0) is 24.1 Å². The molecule has 0 saturated carbocycles. The molecule has 0 saturated heterocycles. The van der Waals surface area contributed by atoms with E-state index in [1.165, 1.54) is 0 Å². The molecule has 1 aliphatic rings. The maximum absolute atomic E-state index is 12.6. The van der Waals surface area contributed by atoms with Gasteiger partial charge in [-0.2, -0.15) is 5.10 Å². The highest BCUT2D eigenvalue weighted by Gasteiger charge is 2.25. The summed E-state index contributed by atoms with van der Waals surface area (Å²) in [6, 6.07) is 9.61. The summed E-state index contributed by atoms with van der Waals surface area (Å²) in [7, 11) is 1.67. The molecule has 0 bridgehead atoms. The van der Waals surface area contributed by atoms with Crippen LogP contribution in [0.25, 0.3) is 0 Å². The lowest BCUT2D eigenvalue weighted by atomic mass is 10.1. The van der Waals surface area contributed by atoms with Crippen molar-refractivity contribution >= 4 is 17.5 Å². The molecule has 1 unspecified atom stereocenters. The number of methoxy groups -OCH3 is 1. The number of aryl methyl sites for hydroxylation is 1. The Labute approximate surface area is 140 Å². The lowest BCUT2D eigenvalue weighted by molar-refractivity contribution is -0.133. The molecule has 23 heavy (non-hydrogen) atoms. The van der Waals surface area contributed by atoms with Gasteiger partial charge < -0.3 is 9.64 Å². The molecule has 0 radical (unpaired) electrons. The summed E-state index contributed by atoms with van der Waals surface area (Å²) >= 11 is 6.16. The monoisotopic (exact) mass is 333 g/mol. The molecule has 1 aromatic carbocycles. The van der Waals surface area contributed by atoms with E-state index < -0.39 is 0 Å². The fourth-order valence-corrected chi connectivity index (χ4v) is 3.09. The molecular weight excluding hydrogens is 314 g/mol. The minimum atomic E-state index is -0.0413. The van der Waals surface area contributed by atoms with Crippen molar-refractivity contribution in [3.05, 3.63) is 52.8 Å². The van der Waals surface area contributed by atoms with Gasteiger partial charge >= 0.3 is 0 Å². The summed E-state index contributed by atoms with van der Waals surface area (Å²) in [5.74, 6) is 0.113. The SMILES string of the molecule is COC1CN(C(=O)CCc2ccccc2Cl)Cc2ccnn2C1. The number of carbonyl (C=O) groups excluding carboxylic acids is 1. The van der Waals surface area contributed by atoms with E-state index in [0.717, 1.165) is 11.3 Å². The minimum absolute atomic E-state index is 0.0413. The average molecular weight is 334 g/mol. The van der Waals surface area contributed by atoms with E-state index in [0.29, 0.717) is 37.5 Å². The lowest BCUT2D eigenvalue weighted by Gasteiger charge is -2.23. The van der Waals surface area contributed by atoms with Gasteiger partial charge in [-0.25, -0.2) is 0 Å². The van der Waals surface area contributed by atoms with E-state index in [2.05, 4.69) is 5.10 Å². The third-order valence-corrected chi connectivity index (χ3v) is 4.58. The summed E-state index contributed by atoms with van der Waals surface area (Å²) < 4.78 is 7.40. The molecule has 6 heteroatoms. The number of halogens is 1. The first-order valence-electron chi connectivity index (χ1n) is 7.72. The zero-order valence-electron chi connectivity index (χ0n) is 13.1. The zero-order chi connectivity index (χ0) is 16.2. The molecule has 1 atom stereocenters. The van der Waals surface area contributed by atoms with Gasteiger partial charge in [-0.1, -0.05) is 29.8 Å². The van der Waals surface area contributed by atoms with E-state index in [9.17, 15) is 4.79 Å². The largest absolute Gasteiger partial charge is 0.378 e. The quantitative estimate of drug-likeness (QED) is 0.863. The van der Waals surface area contributed by atoms with Gasteiger partial charge in [0.05, 0.1) is 24.9 Å². The number of carbonyl (C=O) groups is 1. The Hall–Kier alpha value is -1.85. The van der Waals surface area contributed by atoms with E-state index in [1.807, 2.05) is 39.9 Å². The topological polar surface area (TPSA) is 47.4 Å². The number of hydrogen-bond donors (Lipinski definition) is 0. The molecule has 0 fully saturated rings. The Morgan fingerprint density at radius 1 is 1.35 bits per heavy atom. The highest BCUT2D eigenvalue weighted by atomic mass is 35.5. The fourth-order valence-electron chi connectivity index (χ4n) is 2.86. The van der Waals surface area contributed by atoms with Gasteiger partial charge in [0.25, 0.3) is 0 Å². The Morgan fingerprint density at radius 3 is 2.96 bits per heavy atom. The van der Waals surface area contributed by atoms with Gasteiger partial charge in [0, 0.05) is 31.3 Å². The number of amides is 1. The summed E-state index contributed by atoms with van der Waals surface area (Å²) in [6.45, 7) is 1.83. The van der Waals surface area contributed by atoms with Crippen molar-refractivity contribution in [3.63, 3.8) is 0 Å². The van der Waals surface area contributed by atoms with Crippen LogP contribution < -0.4 is 0 Å². The standard InChI is InChI=1S/C17H20ClN3O2/c1-23-15-11-20(10-14-8-9-19-21(14)12-15)17(22)7-6-13-4-2-3-5-16(13)18/h2-5,8-9,15H,6-7,10-12H2,1H3. The summed E-state index contributed by atoms with van der Waals surface area (Å²) in [4.78, 5) is 14.5. The minimum Gasteiger partial charge on any atom is -0.378 e. The number of ether oxygens (including phenoxy) is 1. The Bertz CT molecular complexity index is 686. The van der Waals surface area contributed by atoms with Crippen LogP contribution in [0.4, 0.5) is 0 Å². The first-order chi connectivity index (χ1) is 11.2. The normalized spacial score (nSPS) is 17.7. The van der Waals surface area contributed by atoms with Crippen molar-refractivity contribution in [1.29, 1.82) is 0 Å². The van der Waals surface area contributed by atoms with Crippen molar-refractivity contribution in [3.8, 4) is 0 Å². The van der Waals surface area contributed by atoms with E-state index in [-0.39, 0.29) is 12.0 Å². The molecular formula is C17H20ClN3O2. The van der Waals surface area contributed by atoms with Gasteiger partial charge in [0.15, 0.2) is 0 Å². The smallest absolute Gasteiger partial charge is 0.223 e. The Kier molecular flexibility index (Phi) is 4.98. The number of benzene rings is 1. The number of hydrogen-bond acceptors (Lipinski definition) is 3. The Balaban J connectivity index is 1.68. The van der Waals surface area contributed by atoms with Crippen molar-refractivity contribution in [1.82, 2.24) is 14.7 Å². The number of rotatable bonds is 4. The molecule has 1 aromatic heterocycles. The van der Waals surface area contributed by atoms with Crippen molar-refractivity contribution in [2.45, 2.75) is 32.0 Å². The summed E-state index contributed by atoms with van der Waals surface area (Å²) in [5, 5.41) is 5.01. The zero-order valence-corrected chi connectivity index (χ0v) is 13.9. The second-order valence-corrected chi connectivity index (χ2v) is 6.14. The molecule has 0 N–H and O–H groups in total. The molecule has 0 aliphatic carbocycles. The van der Waals surface area contributed by atoms with Crippen molar-refractivity contribution < 1.29 is 9.53 Å². The predicted molar refractivity (Wildman–Crippen MR) is 88.2 cm³/mol. The second-order valence-electron chi connectivity index (χ2n) is 5.73. The van der Waals surface area contributed by atoms with Crippen LogP contribution in [0, 0.1) is 0 Å². The van der Waals surface area contributed by atoms with Crippen LogP contribution >= 0.6 is 11.6 Å². The van der Waals surface area contributed by atoms with Crippen molar-refractivity contribution in [2.24, 2.45) is 0 Å². The summed E-state index contributed by atoms with van der Waals surface area (Å²) in [5.41, 5.74) is 2.04. The van der Waals surface area contributed by atoms with Crippen LogP contribution in [0.5, 0.6) is 0 Å².